The molecule has 0 spiro atoms. The van der Waals surface area contributed by atoms with Crippen molar-refractivity contribution in [3.05, 3.63) is 12.2 Å². The number of hydrogen-bond acceptors (Lipinski definition) is 2. The highest BCUT2D eigenvalue weighted by Crippen LogP contribution is 2.43. The normalized spacial score (nSPS) is 37.7. The minimum atomic E-state index is 0.179. The van der Waals surface area contributed by atoms with Crippen molar-refractivity contribution < 1.29 is 4.79 Å². The average Bonchev–Trinajstić information content (AvgIpc) is 2.94. The SMILES string of the molecule is NC(CNC(=O)C1CC2C=CC1C2)C1CC1. The van der Waals surface area contributed by atoms with Gasteiger partial charge < -0.3 is 11.1 Å². The maximum absolute atomic E-state index is 12.0. The number of allylic oxidation sites excluding steroid dienone is 2. The molecule has 0 aromatic rings. The maximum atomic E-state index is 12.0. The van der Waals surface area contributed by atoms with E-state index in [0.717, 1.165) is 6.42 Å². The molecule has 0 aromatic carbocycles. The molecule has 4 unspecified atom stereocenters. The van der Waals surface area contributed by atoms with Crippen LogP contribution in [-0.4, -0.2) is 18.5 Å². The van der Waals surface area contributed by atoms with Gasteiger partial charge >= 0.3 is 0 Å². The molecule has 3 rings (SSSR count). The minimum Gasteiger partial charge on any atom is -0.354 e. The number of nitrogens with one attached hydrogen (secondary N) is 1. The second-order valence-electron chi connectivity index (χ2n) is 5.63. The summed E-state index contributed by atoms with van der Waals surface area (Å²) in [6.07, 6.45) is 9.21. The van der Waals surface area contributed by atoms with Gasteiger partial charge in [-0.25, -0.2) is 0 Å². The van der Waals surface area contributed by atoms with Crippen LogP contribution in [0.2, 0.25) is 0 Å². The summed E-state index contributed by atoms with van der Waals surface area (Å²) >= 11 is 0. The standard InChI is InChI=1S/C13H20N2O/c14-12(9-3-4-9)7-15-13(16)11-6-8-1-2-10(11)5-8/h1-2,8-12H,3-7,14H2,(H,15,16). The molecule has 3 aliphatic carbocycles. The number of carbonyl (C=O) groups is 1. The summed E-state index contributed by atoms with van der Waals surface area (Å²) in [4.78, 5) is 12.0. The van der Waals surface area contributed by atoms with E-state index in [0.29, 0.717) is 24.3 Å². The summed E-state index contributed by atoms with van der Waals surface area (Å²) in [5.41, 5.74) is 5.97. The molecule has 4 atom stereocenters. The summed E-state index contributed by atoms with van der Waals surface area (Å²) < 4.78 is 0. The fourth-order valence-corrected chi connectivity index (χ4v) is 3.12. The van der Waals surface area contributed by atoms with E-state index in [1.165, 1.54) is 19.3 Å². The van der Waals surface area contributed by atoms with Crippen LogP contribution in [0.1, 0.15) is 25.7 Å². The summed E-state index contributed by atoms with van der Waals surface area (Å²) in [7, 11) is 0. The third-order valence-electron chi connectivity index (χ3n) is 4.36. The number of nitrogens with two attached hydrogens (primary N) is 1. The Labute approximate surface area is 96.5 Å². The lowest BCUT2D eigenvalue weighted by atomic mass is 9.93. The van der Waals surface area contributed by atoms with Crippen molar-refractivity contribution in [2.45, 2.75) is 31.7 Å². The highest BCUT2D eigenvalue weighted by atomic mass is 16.1. The van der Waals surface area contributed by atoms with E-state index in [1.807, 2.05) is 0 Å². The number of carbonyl (C=O) groups excluding carboxylic acids is 1. The van der Waals surface area contributed by atoms with Crippen LogP contribution >= 0.6 is 0 Å². The van der Waals surface area contributed by atoms with Crippen molar-refractivity contribution in [2.75, 3.05) is 6.54 Å². The van der Waals surface area contributed by atoms with Crippen LogP contribution in [0.3, 0.4) is 0 Å². The van der Waals surface area contributed by atoms with Gasteiger partial charge in [-0.1, -0.05) is 12.2 Å². The van der Waals surface area contributed by atoms with Crippen molar-refractivity contribution >= 4 is 5.91 Å². The Hall–Kier alpha value is -0.830. The Kier molecular flexibility index (Phi) is 2.51. The van der Waals surface area contributed by atoms with E-state index in [9.17, 15) is 4.79 Å². The summed E-state index contributed by atoms with van der Waals surface area (Å²) in [6.45, 7) is 0.668. The number of rotatable bonds is 4. The Morgan fingerprint density at radius 2 is 2.19 bits per heavy atom. The fraction of sp³-hybridized carbons (Fsp3) is 0.769. The van der Waals surface area contributed by atoms with Crippen molar-refractivity contribution in [1.82, 2.24) is 5.32 Å². The first-order chi connectivity index (χ1) is 7.74. The molecule has 2 bridgehead atoms. The molecular formula is C13H20N2O. The first-order valence-electron chi connectivity index (χ1n) is 6.45. The topological polar surface area (TPSA) is 55.1 Å². The lowest BCUT2D eigenvalue weighted by Crippen LogP contribution is -2.41. The largest absolute Gasteiger partial charge is 0.354 e. The quantitative estimate of drug-likeness (QED) is 0.696. The molecule has 0 saturated heterocycles. The van der Waals surface area contributed by atoms with Crippen LogP contribution in [0.5, 0.6) is 0 Å². The molecule has 16 heavy (non-hydrogen) atoms. The van der Waals surface area contributed by atoms with Gasteiger partial charge in [-0.05, 0) is 43.4 Å². The molecule has 3 heteroatoms. The van der Waals surface area contributed by atoms with Gasteiger partial charge in [0.1, 0.15) is 0 Å². The van der Waals surface area contributed by atoms with Crippen molar-refractivity contribution in [1.29, 1.82) is 0 Å². The molecule has 3 aliphatic rings. The Morgan fingerprint density at radius 3 is 2.75 bits per heavy atom. The molecule has 3 N–H and O–H groups in total. The van der Waals surface area contributed by atoms with Gasteiger partial charge in [-0.3, -0.25) is 4.79 Å². The molecule has 1 amide bonds. The van der Waals surface area contributed by atoms with E-state index in [-0.39, 0.29) is 17.9 Å². The zero-order valence-electron chi connectivity index (χ0n) is 9.56. The molecule has 2 fully saturated rings. The maximum Gasteiger partial charge on any atom is 0.223 e. The van der Waals surface area contributed by atoms with Crippen molar-refractivity contribution in [2.24, 2.45) is 29.4 Å². The lowest BCUT2D eigenvalue weighted by Gasteiger charge is -2.19. The molecular weight excluding hydrogens is 200 g/mol. The number of hydrogen-bond donors (Lipinski definition) is 2. The summed E-state index contributed by atoms with van der Waals surface area (Å²) in [5.74, 6) is 2.29. The van der Waals surface area contributed by atoms with Crippen LogP contribution in [0, 0.1) is 23.7 Å². The Balaban J connectivity index is 1.48. The molecule has 0 aromatic heterocycles. The average molecular weight is 220 g/mol. The Morgan fingerprint density at radius 1 is 1.38 bits per heavy atom. The Bertz CT molecular complexity index is 322. The van der Waals surface area contributed by atoms with Gasteiger partial charge in [0.05, 0.1) is 0 Å². The van der Waals surface area contributed by atoms with Gasteiger partial charge in [0.2, 0.25) is 5.91 Å². The van der Waals surface area contributed by atoms with E-state index in [4.69, 9.17) is 5.73 Å². The predicted octanol–water partition coefficient (Wildman–Crippen LogP) is 1.05. The molecule has 88 valence electrons. The van der Waals surface area contributed by atoms with Gasteiger partial charge in [0.15, 0.2) is 0 Å². The second kappa shape index (κ2) is 3.88. The molecule has 2 saturated carbocycles. The van der Waals surface area contributed by atoms with Crippen LogP contribution < -0.4 is 11.1 Å². The first-order valence-corrected chi connectivity index (χ1v) is 6.45. The van der Waals surface area contributed by atoms with Crippen LogP contribution in [0.15, 0.2) is 12.2 Å². The van der Waals surface area contributed by atoms with Crippen LogP contribution in [0.25, 0.3) is 0 Å². The number of fused-ring (bicyclic) bond motifs is 2. The van der Waals surface area contributed by atoms with E-state index in [2.05, 4.69) is 17.5 Å². The zero-order valence-corrected chi connectivity index (χ0v) is 9.56. The zero-order chi connectivity index (χ0) is 11.1. The highest BCUT2D eigenvalue weighted by Gasteiger charge is 2.40. The van der Waals surface area contributed by atoms with Gasteiger partial charge in [0, 0.05) is 18.5 Å². The summed E-state index contributed by atoms with van der Waals surface area (Å²) in [5, 5.41) is 3.03. The third kappa shape index (κ3) is 1.88. The molecule has 0 heterocycles. The molecule has 3 nitrogen and oxygen atoms in total. The minimum absolute atomic E-state index is 0.179. The van der Waals surface area contributed by atoms with Crippen molar-refractivity contribution in [3.63, 3.8) is 0 Å². The fourth-order valence-electron chi connectivity index (χ4n) is 3.12. The lowest BCUT2D eigenvalue weighted by molar-refractivity contribution is -0.125. The molecule has 0 aliphatic heterocycles. The monoisotopic (exact) mass is 220 g/mol. The van der Waals surface area contributed by atoms with E-state index in [1.54, 1.807) is 0 Å². The predicted molar refractivity (Wildman–Crippen MR) is 62.6 cm³/mol. The van der Waals surface area contributed by atoms with Gasteiger partial charge in [-0.2, -0.15) is 0 Å². The van der Waals surface area contributed by atoms with Crippen LogP contribution in [0.4, 0.5) is 0 Å². The van der Waals surface area contributed by atoms with E-state index < -0.39 is 0 Å². The van der Waals surface area contributed by atoms with Gasteiger partial charge in [-0.15, -0.1) is 0 Å². The highest BCUT2D eigenvalue weighted by molar-refractivity contribution is 5.80. The third-order valence-corrected chi connectivity index (χ3v) is 4.36. The van der Waals surface area contributed by atoms with Gasteiger partial charge in [0.25, 0.3) is 0 Å². The first kappa shape index (κ1) is 10.3. The second-order valence-corrected chi connectivity index (χ2v) is 5.63. The van der Waals surface area contributed by atoms with Crippen LogP contribution in [-0.2, 0) is 4.79 Å². The smallest absolute Gasteiger partial charge is 0.223 e. The van der Waals surface area contributed by atoms with E-state index >= 15 is 0 Å². The number of amides is 1. The molecule has 0 radical (unpaired) electrons. The summed E-state index contributed by atoms with van der Waals surface area (Å²) in [6, 6.07) is 0.179. The van der Waals surface area contributed by atoms with Crippen molar-refractivity contribution in [3.8, 4) is 0 Å².